The van der Waals surface area contributed by atoms with Gasteiger partial charge in [0, 0.05) is 13.1 Å². The van der Waals surface area contributed by atoms with E-state index in [0.29, 0.717) is 12.3 Å². The van der Waals surface area contributed by atoms with Crippen LogP contribution in [0.4, 0.5) is 0 Å². The molecule has 1 aliphatic heterocycles. The van der Waals surface area contributed by atoms with Gasteiger partial charge >= 0.3 is 0 Å². The Balaban J connectivity index is 2.77. The van der Waals surface area contributed by atoms with Gasteiger partial charge in [-0.1, -0.05) is 0 Å². The lowest BCUT2D eigenvalue weighted by molar-refractivity contribution is 0.342. The van der Waals surface area contributed by atoms with E-state index < -0.39 is 9.84 Å². The van der Waals surface area contributed by atoms with E-state index in [9.17, 15) is 8.42 Å². The molecular formula is C7H16N2O2S. The van der Waals surface area contributed by atoms with Crippen LogP contribution in [-0.2, 0) is 9.84 Å². The van der Waals surface area contributed by atoms with Crippen LogP contribution in [0.1, 0.15) is 6.42 Å². The van der Waals surface area contributed by atoms with Gasteiger partial charge in [0.2, 0.25) is 0 Å². The highest BCUT2D eigenvalue weighted by molar-refractivity contribution is 7.92. The largest absolute Gasteiger partial charge is 0.329 e. The van der Waals surface area contributed by atoms with Gasteiger partial charge in [-0.3, -0.25) is 0 Å². The molecule has 2 N–H and O–H groups in total. The standard InChI is InChI=1S/C7H16N2O2S/c1-9-3-2-4-12(10,11)7(5-8)6-9/h7H,2-6,8H2,1H3. The summed E-state index contributed by atoms with van der Waals surface area (Å²) in [5, 5.41) is -0.356. The van der Waals surface area contributed by atoms with E-state index >= 15 is 0 Å². The lowest BCUT2D eigenvalue weighted by atomic mass is 10.3. The smallest absolute Gasteiger partial charge is 0.155 e. The molecule has 0 aromatic heterocycles. The first kappa shape index (κ1) is 9.95. The van der Waals surface area contributed by atoms with E-state index in [0.717, 1.165) is 13.0 Å². The molecule has 1 unspecified atom stereocenters. The minimum absolute atomic E-state index is 0.243. The molecule has 12 heavy (non-hydrogen) atoms. The Kier molecular flexibility index (Phi) is 3.09. The highest BCUT2D eigenvalue weighted by atomic mass is 32.2. The van der Waals surface area contributed by atoms with Crippen LogP contribution in [0.3, 0.4) is 0 Å². The van der Waals surface area contributed by atoms with Crippen LogP contribution < -0.4 is 5.73 Å². The van der Waals surface area contributed by atoms with Crippen molar-refractivity contribution >= 4 is 9.84 Å². The maximum Gasteiger partial charge on any atom is 0.155 e. The predicted molar refractivity (Wildman–Crippen MR) is 48.7 cm³/mol. The molecular weight excluding hydrogens is 176 g/mol. The van der Waals surface area contributed by atoms with E-state index in [2.05, 4.69) is 0 Å². The summed E-state index contributed by atoms with van der Waals surface area (Å²) < 4.78 is 22.9. The average Bonchev–Trinajstić information content (AvgIpc) is 2.10. The Morgan fingerprint density at radius 3 is 2.83 bits per heavy atom. The van der Waals surface area contributed by atoms with Crippen molar-refractivity contribution in [1.29, 1.82) is 0 Å². The number of nitrogens with two attached hydrogens (primary N) is 1. The second-order valence-electron chi connectivity index (χ2n) is 3.34. The normalized spacial score (nSPS) is 31.3. The number of hydrogen-bond acceptors (Lipinski definition) is 4. The topological polar surface area (TPSA) is 63.4 Å². The van der Waals surface area contributed by atoms with E-state index in [1.807, 2.05) is 11.9 Å². The van der Waals surface area contributed by atoms with Gasteiger partial charge in [-0.25, -0.2) is 8.42 Å². The molecule has 1 aliphatic rings. The molecule has 0 aromatic carbocycles. The fourth-order valence-corrected chi connectivity index (χ4v) is 3.12. The van der Waals surface area contributed by atoms with Gasteiger partial charge in [-0.15, -0.1) is 0 Å². The summed E-state index contributed by atoms with van der Waals surface area (Å²) in [6.45, 7) is 1.68. The van der Waals surface area contributed by atoms with Gasteiger partial charge in [0.15, 0.2) is 9.84 Å². The fourth-order valence-electron chi connectivity index (χ4n) is 1.48. The monoisotopic (exact) mass is 192 g/mol. The minimum atomic E-state index is -2.91. The molecule has 0 aliphatic carbocycles. The number of hydrogen-bond donors (Lipinski definition) is 1. The van der Waals surface area contributed by atoms with Crippen LogP contribution in [0.5, 0.6) is 0 Å². The third-order valence-electron chi connectivity index (χ3n) is 2.25. The Hall–Kier alpha value is -0.130. The van der Waals surface area contributed by atoms with Crippen molar-refractivity contribution in [1.82, 2.24) is 4.90 Å². The third kappa shape index (κ3) is 2.18. The van der Waals surface area contributed by atoms with Crippen molar-refractivity contribution in [2.75, 3.05) is 32.4 Å². The molecule has 0 radical (unpaired) electrons. The molecule has 72 valence electrons. The van der Waals surface area contributed by atoms with Gasteiger partial charge in [-0.2, -0.15) is 0 Å². The van der Waals surface area contributed by atoms with Crippen LogP contribution in [0, 0.1) is 0 Å². The molecule has 1 saturated heterocycles. The fraction of sp³-hybridized carbons (Fsp3) is 1.00. The maximum absolute atomic E-state index is 11.5. The summed E-state index contributed by atoms with van der Waals surface area (Å²) in [4.78, 5) is 2.03. The molecule has 5 heteroatoms. The van der Waals surface area contributed by atoms with Gasteiger partial charge in [-0.05, 0) is 20.0 Å². The van der Waals surface area contributed by atoms with Crippen molar-refractivity contribution in [3.05, 3.63) is 0 Å². The van der Waals surface area contributed by atoms with E-state index in [1.165, 1.54) is 0 Å². The van der Waals surface area contributed by atoms with Gasteiger partial charge in [0.25, 0.3) is 0 Å². The lowest BCUT2D eigenvalue weighted by Crippen LogP contribution is -2.38. The van der Waals surface area contributed by atoms with Crippen LogP contribution in [0.25, 0.3) is 0 Å². The first-order chi connectivity index (χ1) is 5.56. The van der Waals surface area contributed by atoms with E-state index in [4.69, 9.17) is 5.73 Å². The molecule has 0 saturated carbocycles. The highest BCUT2D eigenvalue weighted by Gasteiger charge is 2.27. The Labute approximate surface area is 73.6 Å². The van der Waals surface area contributed by atoms with Crippen LogP contribution in [-0.4, -0.2) is 51.0 Å². The van der Waals surface area contributed by atoms with E-state index in [1.54, 1.807) is 0 Å². The molecule has 0 aromatic rings. The summed E-state index contributed by atoms with van der Waals surface area (Å²) in [6.07, 6.45) is 0.731. The molecule has 4 nitrogen and oxygen atoms in total. The summed E-state index contributed by atoms with van der Waals surface area (Å²) >= 11 is 0. The molecule has 1 fully saturated rings. The quantitative estimate of drug-likeness (QED) is 0.582. The van der Waals surface area contributed by atoms with Crippen molar-refractivity contribution in [2.24, 2.45) is 5.73 Å². The first-order valence-electron chi connectivity index (χ1n) is 4.16. The van der Waals surface area contributed by atoms with Crippen molar-refractivity contribution < 1.29 is 8.42 Å². The summed E-state index contributed by atoms with van der Waals surface area (Å²) in [5.41, 5.74) is 5.40. The third-order valence-corrected chi connectivity index (χ3v) is 4.47. The number of rotatable bonds is 1. The van der Waals surface area contributed by atoms with Crippen molar-refractivity contribution in [2.45, 2.75) is 11.7 Å². The second-order valence-corrected chi connectivity index (χ2v) is 5.74. The van der Waals surface area contributed by atoms with Crippen LogP contribution in [0.15, 0.2) is 0 Å². The van der Waals surface area contributed by atoms with Crippen LogP contribution >= 0.6 is 0 Å². The van der Waals surface area contributed by atoms with Crippen molar-refractivity contribution in [3.63, 3.8) is 0 Å². The summed E-state index contributed by atoms with van der Waals surface area (Å²) in [5.74, 6) is 0.291. The Morgan fingerprint density at radius 2 is 2.25 bits per heavy atom. The second kappa shape index (κ2) is 3.72. The summed E-state index contributed by atoms with van der Waals surface area (Å²) in [7, 11) is -0.976. The van der Waals surface area contributed by atoms with Crippen molar-refractivity contribution in [3.8, 4) is 0 Å². The minimum Gasteiger partial charge on any atom is -0.329 e. The van der Waals surface area contributed by atoms with Gasteiger partial charge in [0.1, 0.15) is 0 Å². The molecule has 1 atom stereocenters. The maximum atomic E-state index is 11.5. The van der Waals surface area contributed by atoms with Gasteiger partial charge < -0.3 is 10.6 Å². The SMILES string of the molecule is CN1CCCS(=O)(=O)C(CN)C1. The molecule has 1 rings (SSSR count). The zero-order valence-electron chi connectivity index (χ0n) is 7.36. The zero-order chi connectivity index (χ0) is 9.19. The predicted octanol–water partition coefficient (Wildman–Crippen LogP) is -0.936. The number of sulfone groups is 1. The highest BCUT2D eigenvalue weighted by Crippen LogP contribution is 2.09. The Morgan fingerprint density at radius 1 is 1.58 bits per heavy atom. The average molecular weight is 192 g/mol. The number of nitrogens with zero attached hydrogens (tertiary/aromatic N) is 1. The zero-order valence-corrected chi connectivity index (χ0v) is 8.18. The molecule has 0 amide bonds. The molecule has 0 bridgehead atoms. The summed E-state index contributed by atoms with van der Waals surface area (Å²) in [6, 6.07) is 0. The van der Waals surface area contributed by atoms with E-state index in [-0.39, 0.29) is 11.8 Å². The molecule has 0 spiro atoms. The van der Waals surface area contributed by atoms with Crippen LogP contribution in [0.2, 0.25) is 0 Å². The molecule has 1 heterocycles. The van der Waals surface area contributed by atoms with Gasteiger partial charge in [0.05, 0.1) is 11.0 Å². The first-order valence-corrected chi connectivity index (χ1v) is 5.88. The Bertz CT molecular complexity index is 238. The lowest BCUT2D eigenvalue weighted by Gasteiger charge is -2.17.